The average Bonchev–Trinajstić information content (AvgIpc) is 2.18. The Morgan fingerprint density at radius 1 is 1.47 bits per heavy atom. The molecule has 1 rings (SSSR count). The van der Waals surface area contributed by atoms with E-state index in [0.29, 0.717) is 6.61 Å². The van der Waals surface area contributed by atoms with E-state index in [-0.39, 0.29) is 18.1 Å². The summed E-state index contributed by atoms with van der Waals surface area (Å²) in [6, 6.07) is -0.000452. The lowest BCUT2D eigenvalue weighted by Gasteiger charge is -2.37. The van der Waals surface area contributed by atoms with Gasteiger partial charge in [-0.2, -0.15) is 0 Å². The number of nitrogens with zero attached hydrogens (tertiary/aromatic N) is 2. The molecular formula is C11H22N2O2. The number of rotatable bonds is 4. The smallest absolute Gasteiger partial charge is 0.239 e. The molecule has 1 aliphatic heterocycles. The molecule has 0 aromatic carbocycles. The molecule has 0 N–H and O–H groups in total. The molecule has 4 heteroatoms. The fourth-order valence-electron chi connectivity index (χ4n) is 1.77. The second-order valence-corrected chi connectivity index (χ2v) is 4.39. The molecule has 0 radical (unpaired) electrons. The van der Waals surface area contributed by atoms with Crippen LogP contribution in [0, 0.1) is 0 Å². The highest BCUT2D eigenvalue weighted by atomic mass is 16.5. The van der Waals surface area contributed by atoms with Gasteiger partial charge in [0.2, 0.25) is 5.91 Å². The number of amides is 1. The average molecular weight is 214 g/mol. The third-order valence-electron chi connectivity index (χ3n) is 2.83. The number of hydrogen-bond donors (Lipinski definition) is 0. The molecular weight excluding hydrogens is 192 g/mol. The van der Waals surface area contributed by atoms with Crippen LogP contribution in [0.1, 0.15) is 20.8 Å². The highest BCUT2D eigenvalue weighted by Crippen LogP contribution is 2.08. The van der Waals surface area contributed by atoms with Crippen molar-refractivity contribution in [1.29, 1.82) is 0 Å². The first-order valence-electron chi connectivity index (χ1n) is 5.63. The predicted octanol–water partition coefficient (Wildman–Crippen LogP) is 0.574. The summed E-state index contributed by atoms with van der Waals surface area (Å²) in [6.07, 6.45) is 0.267. The van der Waals surface area contributed by atoms with Crippen LogP contribution in [0.2, 0.25) is 0 Å². The van der Waals surface area contributed by atoms with E-state index in [1.807, 2.05) is 27.8 Å². The van der Waals surface area contributed by atoms with Crippen molar-refractivity contribution < 1.29 is 9.53 Å². The van der Waals surface area contributed by atoms with Gasteiger partial charge in [0.05, 0.1) is 18.8 Å². The summed E-state index contributed by atoms with van der Waals surface area (Å²) in [5.41, 5.74) is 0. The van der Waals surface area contributed by atoms with Crippen LogP contribution >= 0.6 is 0 Å². The van der Waals surface area contributed by atoms with E-state index in [0.717, 1.165) is 19.6 Å². The molecule has 15 heavy (non-hydrogen) atoms. The monoisotopic (exact) mass is 214 g/mol. The predicted molar refractivity (Wildman–Crippen MR) is 59.8 cm³/mol. The van der Waals surface area contributed by atoms with E-state index in [1.165, 1.54) is 0 Å². The number of likely N-dealkylation sites (N-methyl/N-ethyl adjacent to an activating group) is 1. The minimum atomic E-state index is -0.000452. The van der Waals surface area contributed by atoms with Gasteiger partial charge in [0.25, 0.3) is 0 Å². The Kier molecular flexibility index (Phi) is 4.54. The Balaban J connectivity index is 2.33. The zero-order chi connectivity index (χ0) is 11.4. The van der Waals surface area contributed by atoms with Crippen molar-refractivity contribution in [2.24, 2.45) is 0 Å². The summed E-state index contributed by atoms with van der Waals surface area (Å²) in [5.74, 6) is 0.214. The fraction of sp³-hybridized carbons (Fsp3) is 0.909. The van der Waals surface area contributed by atoms with Gasteiger partial charge < -0.3 is 9.64 Å². The Labute approximate surface area is 92.2 Å². The highest BCUT2D eigenvalue weighted by Gasteiger charge is 2.28. The summed E-state index contributed by atoms with van der Waals surface area (Å²) in [5, 5.41) is 0. The molecule has 88 valence electrons. The van der Waals surface area contributed by atoms with Crippen molar-refractivity contribution in [3.63, 3.8) is 0 Å². The van der Waals surface area contributed by atoms with Crippen LogP contribution in [0.3, 0.4) is 0 Å². The van der Waals surface area contributed by atoms with E-state index < -0.39 is 0 Å². The minimum Gasteiger partial charge on any atom is -0.377 e. The second kappa shape index (κ2) is 5.47. The van der Waals surface area contributed by atoms with E-state index in [2.05, 4.69) is 4.90 Å². The molecule has 0 saturated carbocycles. The van der Waals surface area contributed by atoms with Crippen molar-refractivity contribution in [3.05, 3.63) is 0 Å². The molecule has 1 atom stereocenters. The van der Waals surface area contributed by atoms with Crippen LogP contribution in [-0.4, -0.2) is 61.1 Å². The highest BCUT2D eigenvalue weighted by molar-refractivity contribution is 5.81. The van der Waals surface area contributed by atoms with Crippen molar-refractivity contribution >= 4 is 5.91 Å². The Hall–Kier alpha value is -0.610. The molecule has 1 saturated heterocycles. The topological polar surface area (TPSA) is 32.8 Å². The summed E-state index contributed by atoms with van der Waals surface area (Å²) in [4.78, 5) is 15.7. The summed E-state index contributed by atoms with van der Waals surface area (Å²) in [7, 11) is 1.86. The number of hydrogen-bond acceptors (Lipinski definition) is 3. The normalized spacial score (nSPS) is 23.9. The van der Waals surface area contributed by atoms with Gasteiger partial charge in [0.15, 0.2) is 0 Å². The van der Waals surface area contributed by atoms with Crippen molar-refractivity contribution in [2.75, 3.05) is 33.3 Å². The van der Waals surface area contributed by atoms with Gasteiger partial charge in [-0.3, -0.25) is 9.69 Å². The van der Waals surface area contributed by atoms with Crippen LogP contribution < -0.4 is 0 Å². The maximum Gasteiger partial charge on any atom is 0.239 e. The summed E-state index contributed by atoms with van der Waals surface area (Å²) < 4.78 is 5.49. The van der Waals surface area contributed by atoms with Crippen molar-refractivity contribution in [2.45, 2.75) is 32.9 Å². The first kappa shape index (κ1) is 12.5. The Morgan fingerprint density at radius 2 is 2.13 bits per heavy atom. The lowest BCUT2D eigenvalue weighted by Crippen LogP contribution is -2.55. The van der Waals surface area contributed by atoms with Gasteiger partial charge >= 0.3 is 0 Å². The SMILES string of the molecule is CC(C)OCCN1CCN(C)C(=O)[C@H]1C. The minimum absolute atomic E-state index is 0.000452. The van der Waals surface area contributed by atoms with Crippen molar-refractivity contribution in [1.82, 2.24) is 9.80 Å². The molecule has 1 fully saturated rings. The Bertz CT molecular complexity index is 219. The van der Waals surface area contributed by atoms with Gasteiger partial charge in [-0.25, -0.2) is 0 Å². The van der Waals surface area contributed by atoms with Crippen LogP contribution in [0.4, 0.5) is 0 Å². The molecule has 0 spiro atoms. The zero-order valence-corrected chi connectivity index (χ0v) is 10.2. The third-order valence-corrected chi connectivity index (χ3v) is 2.83. The molecule has 1 heterocycles. The van der Waals surface area contributed by atoms with Gasteiger partial charge in [-0.05, 0) is 20.8 Å². The standard InChI is InChI=1S/C11H22N2O2/c1-9(2)15-8-7-13-6-5-12(4)11(14)10(13)3/h9-10H,5-8H2,1-4H3/t10-/m1/s1. The largest absolute Gasteiger partial charge is 0.377 e. The Morgan fingerprint density at radius 3 is 2.73 bits per heavy atom. The first-order valence-corrected chi connectivity index (χ1v) is 5.63. The van der Waals surface area contributed by atoms with Gasteiger partial charge in [-0.15, -0.1) is 0 Å². The maximum atomic E-state index is 11.7. The van der Waals surface area contributed by atoms with Crippen LogP contribution in [0.15, 0.2) is 0 Å². The zero-order valence-electron chi connectivity index (χ0n) is 10.2. The second-order valence-electron chi connectivity index (χ2n) is 4.39. The number of carbonyl (C=O) groups excluding carboxylic acids is 1. The molecule has 0 aliphatic carbocycles. The van der Waals surface area contributed by atoms with E-state index in [1.54, 1.807) is 4.90 Å². The van der Waals surface area contributed by atoms with Crippen molar-refractivity contribution in [3.8, 4) is 0 Å². The molecule has 0 bridgehead atoms. The summed E-state index contributed by atoms with van der Waals surface area (Å²) in [6.45, 7) is 9.35. The number of ether oxygens (including phenoxy) is 1. The molecule has 4 nitrogen and oxygen atoms in total. The summed E-state index contributed by atoms with van der Waals surface area (Å²) >= 11 is 0. The van der Waals surface area contributed by atoms with Gasteiger partial charge in [-0.1, -0.05) is 0 Å². The number of carbonyl (C=O) groups is 1. The van der Waals surface area contributed by atoms with Gasteiger partial charge in [0, 0.05) is 26.7 Å². The third kappa shape index (κ3) is 3.47. The molecule has 1 amide bonds. The molecule has 1 aliphatic rings. The molecule has 0 aromatic rings. The van der Waals surface area contributed by atoms with E-state index in [9.17, 15) is 4.79 Å². The maximum absolute atomic E-state index is 11.7. The van der Waals surface area contributed by atoms with Crippen LogP contribution in [0.25, 0.3) is 0 Å². The first-order chi connectivity index (χ1) is 7.02. The quantitative estimate of drug-likeness (QED) is 0.686. The fourth-order valence-corrected chi connectivity index (χ4v) is 1.77. The van der Waals surface area contributed by atoms with E-state index >= 15 is 0 Å². The lowest BCUT2D eigenvalue weighted by molar-refractivity contribution is -0.139. The molecule has 0 unspecified atom stereocenters. The van der Waals surface area contributed by atoms with E-state index in [4.69, 9.17) is 4.74 Å². The van der Waals surface area contributed by atoms with Crippen LogP contribution in [0.5, 0.6) is 0 Å². The molecule has 0 aromatic heterocycles. The number of piperazine rings is 1. The van der Waals surface area contributed by atoms with Gasteiger partial charge in [0.1, 0.15) is 0 Å². The lowest BCUT2D eigenvalue weighted by atomic mass is 10.2. The van der Waals surface area contributed by atoms with Crippen LogP contribution in [-0.2, 0) is 9.53 Å².